The number of H-pyrrole nitrogens is 1. The molecular weight excluding hydrogens is 374 g/mol. The van der Waals surface area contributed by atoms with Crippen LogP contribution in [0.25, 0.3) is 10.9 Å². The highest BCUT2D eigenvalue weighted by molar-refractivity contribution is 6.02. The molecule has 1 aliphatic rings. The minimum Gasteiger partial charge on any atom is -0.358 e. The highest BCUT2D eigenvalue weighted by Crippen LogP contribution is 2.30. The standard InChI is InChI=1S/C25H29N3O2/c1-3-14-28(16-24(29)27-21-10-6-4-8-17(21)2)25(30)18-12-13-23-20(15-18)19-9-5-7-11-22(19)26-23/h4,6,8,10,12-13,15,26H,3,5,7,9,11,14,16H2,1-2H3,(H,27,29). The van der Waals surface area contributed by atoms with Gasteiger partial charge in [-0.15, -0.1) is 0 Å². The summed E-state index contributed by atoms with van der Waals surface area (Å²) in [6.45, 7) is 4.57. The van der Waals surface area contributed by atoms with E-state index in [2.05, 4.69) is 10.3 Å². The zero-order valence-electron chi connectivity index (χ0n) is 17.8. The Morgan fingerprint density at radius 3 is 2.70 bits per heavy atom. The summed E-state index contributed by atoms with van der Waals surface area (Å²) in [6, 6.07) is 13.5. The van der Waals surface area contributed by atoms with Crippen LogP contribution in [-0.2, 0) is 17.6 Å². The number of rotatable bonds is 6. The van der Waals surface area contributed by atoms with Gasteiger partial charge >= 0.3 is 0 Å². The average molecular weight is 404 g/mol. The van der Waals surface area contributed by atoms with Crippen LogP contribution in [0.15, 0.2) is 42.5 Å². The molecular formula is C25H29N3O2. The normalized spacial score (nSPS) is 13.1. The second kappa shape index (κ2) is 8.74. The maximum Gasteiger partial charge on any atom is 0.254 e. The molecule has 3 aromatic rings. The van der Waals surface area contributed by atoms with Gasteiger partial charge in [0.15, 0.2) is 0 Å². The third-order valence-corrected chi connectivity index (χ3v) is 5.88. The van der Waals surface area contributed by atoms with Crippen LogP contribution in [0, 0.1) is 6.92 Å². The van der Waals surface area contributed by atoms with Crippen molar-refractivity contribution in [3.63, 3.8) is 0 Å². The second-order valence-electron chi connectivity index (χ2n) is 8.14. The summed E-state index contributed by atoms with van der Waals surface area (Å²) in [5.41, 5.74) is 6.19. The first-order valence-electron chi connectivity index (χ1n) is 10.8. The van der Waals surface area contributed by atoms with E-state index in [4.69, 9.17) is 0 Å². The van der Waals surface area contributed by atoms with Crippen LogP contribution in [0.4, 0.5) is 5.69 Å². The number of anilines is 1. The van der Waals surface area contributed by atoms with Crippen molar-refractivity contribution >= 4 is 28.4 Å². The highest BCUT2D eigenvalue weighted by Gasteiger charge is 2.21. The van der Waals surface area contributed by atoms with Gasteiger partial charge in [-0.2, -0.15) is 0 Å². The Labute approximate surface area is 177 Å². The van der Waals surface area contributed by atoms with Gasteiger partial charge in [-0.25, -0.2) is 0 Å². The lowest BCUT2D eigenvalue weighted by molar-refractivity contribution is -0.116. The lowest BCUT2D eigenvalue weighted by atomic mass is 9.95. The van der Waals surface area contributed by atoms with Crippen molar-refractivity contribution in [1.29, 1.82) is 0 Å². The molecule has 1 heterocycles. The lowest BCUT2D eigenvalue weighted by Gasteiger charge is -2.22. The number of hydrogen-bond donors (Lipinski definition) is 2. The van der Waals surface area contributed by atoms with E-state index in [0.29, 0.717) is 12.1 Å². The topological polar surface area (TPSA) is 65.2 Å². The molecule has 0 saturated carbocycles. The van der Waals surface area contributed by atoms with E-state index >= 15 is 0 Å². The van der Waals surface area contributed by atoms with Gasteiger partial charge in [0.05, 0.1) is 0 Å². The van der Waals surface area contributed by atoms with E-state index < -0.39 is 0 Å². The maximum absolute atomic E-state index is 13.3. The predicted octanol–water partition coefficient (Wildman–Crippen LogP) is 4.85. The molecule has 156 valence electrons. The Kier molecular flexibility index (Phi) is 5.88. The largest absolute Gasteiger partial charge is 0.358 e. The molecule has 0 aliphatic heterocycles. The monoisotopic (exact) mass is 403 g/mol. The SMILES string of the molecule is CCCN(CC(=O)Nc1ccccc1C)C(=O)c1ccc2[nH]c3c(c2c1)CCCC3. The summed E-state index contributed by atoms with van der Waals surface area (Å²) in [6.07, 6.45) is 5.34. The number of aromatic nitrogens is 1. The minimum atomic E-state index is -0.175. The van der Waals surface area contributed by atoms with E-state index in [1.165, 1.54) is 24.1 Å². The molecule has 30 heavy (non-hydrogen) atoms. The fourth-order valence-corrected chi connectivity index (χ4v) is 4.32. The molecule has 4 rings (SSSR count). The van der Waals surface area contributed by atoms with E-state index in [9.17, 15) is 9.59 Å². The van der Waals surface area contributed by atoms with Crippen molar-refractivity contribution in [3.8, 4) is 0 Å². The first-order chi connectivity index (χ1) is 14.6. The van der Waals surface area contributed by atoms with Crippen LogP contribution < -0.4 is 5.32 Å². The van der Waals surface area contributed by atoms with Crippen molar-refractivity contribution < 1.29 is 9.59 Å². The average Bonchev–Trinajstić information content (AvgIpc) is 3.12. The summed E-state index contributed by atoms with van der Waals surface area (Å²) in [5.74, 6) is -0.268. The molecule has 0 fully saturated rings. The van der Waals surface area contributed by atoms with Gasteiger partial charge in [0.2, 0.25) is 5.91 Å². The number of aryl methyl sites for hydroxylation is 3. The summed E-state index contributed by atoms with van der Waals surface area (Å²) < 4.78 is 0. The quantitative estimate of drug-likeness (QED) is 0.618. The Morgan fingerprint density at radius 1 is 1.10 bits per heavy atom. The molecule has 1 aromatic heterocycles. The van der Waals surface area contributed by atoms with Gasteiger partial charge in [-0.3, -0.25) is 9.59 Å². The number of nitrogens with one attached hydrogen (secondary N) is 2. The summed E-state index contributed by atoms with van der Waals surface area (Å²) >= 11 is 0. The van der Waals surface area contributed by atoms with Crippen LogP contribution >= 0.6 is 0 Å². The zero-order chi connectivity index (χ0) is 21.1. The zero-order valence-corrected chi connectivity index (χ0v) is 17.8. The third-order valence-electron chi connectivity index (χ3n) is 5.88. The van der Waals surface area contributed by atoms with Crippen molar-refractivity contribution in [2.75, 3.05) is 18.4 Å². The molecule has 0 saturated heterocycles. The van der Waals surface area contributed by atoms with Gasteiger partial charge in [0.25, 0.3) is 5.91 Å². The molecule has 2 N–H and O–H groups in total. The predicted molar refractivity (Wildman–Crippen MR) is 121 cm³/mol. The van der Waals surface area contributed by atoms with E-state index in [-0.39, 0.29) is 18.4 Å². The van der Waals surface area contributed by atoms with Crippen molar-refractivity contribution in [3.05, 3.63) is 64.8 Å². The van der Waals surface area contributed by atoms with Crippen LogP contribution in [0.3, 0.4) is 0 Å². The molecule has 0 spiro atoms. The Balaban J connectivity index is 1.54. The molecule has 2 amide bonds. The summed E-state index contributed by atoms with van der Waals surface area (Å²) in [4.78, 5) is 31.1. The fraction of sp³-hybridized carbons (Fsp3) is 0.360. The van der Waals surface area contributed by atoms with Crippen molar-refractivity contribution in [2.45, 2.75) is 46.0 Å². The molecule has 5 nitrogen and oxygen atoms in total. The molecule has 0 radical (unpaired) electrons. The van der Waals surface area contributed by atoms with Crippen LogP contribution in [0.2, 0.25) is 0 Å². The molecule has 5 heteroatoms. The van der Waals surface area contributed by atoms with E-state index in [0.717, 1.165) is 41.4 Å². The van der Waals surface area contributed by atoms with Gasteiger partial charge in [-0.05, 0) is 74.4 Å². The number of benzene rings is 2. The number of carbonyl (C=O) groups is 2. The summed E-state index contributed by atoms with van der Waals surface area (Å²) in [5, 5.41) is 4.08. The van der Waals surface area contributed by atoms with Gasteiger partial charge in [0.1, 0.15) is 6.54 Å². The molecule has 2 aromatic carbocycles. The summed E-state index contributed by atoms with van der Waals surface area (Å²) in [7, 11) is 0. The number of nitrogens with zero attached hydrogens (tertiary/aromatic N) is 1. The number of aromatic amines is 1. The van der Waals surface area contributed by atoms with Crippen LogP contribution in [-0.4, -0.2) is 34.8 Å². The van der Waals surface area contributed by atoms with E-state index in [1.54, 1.807) is 4.90 Å². The Morgan fingerprint density at radius 2 is 1.90 bits per heavy atom. The molecule has 0 bridgehead atoms. The first kappa shape index (κ1) is 20.2. The number of amides is 2. The smallest absolute Gasteiger partial charge is 0.254 e. The molecule has 0 atom stereocenters. The van der Waals surface area contributed by atoms with Crippen LogP contribution in [0.1, 0.15) is 53.4 Å². The molecule has 1 aliphatic carbocycles. The number of hydrogen-bond acceptors (Lipinski definition) is 2. The van der Waals surface area contributed by atoms with Crippen molar-refractivity contribution in [2.24, 2.45) is 0 Å². The number of para-hydroxylation sites is 1. The van der Waals surface area contributed by atoms with Gasteiger partial charge in [-0.1, -0.05) is 25.1 Å². The molecule has 0 unspecified atom stereocenters. The first-order valence-corrected chi connectivity index (χ1v) is 10.8. The maximum atomic E-state index is 13.3. The van der Waals surface area contributed by atoms with Crippen molar-refractivity contribution in [1.82, 2.24) is 9.88 Å². The highest BCUT2D eigenvalue weighted by atomic mass is 16.2. The third kappa shape index (κ3) is 4.11. The van der Waals surface area contributed by atoms with Gasteiger partial charge < -0.3 is 15.2 Å². The minimum absolute atomic E-state index is 0.0459. The Bertz CT molecular complexity index is 1080. The fourth-order valence-electron chi connectivity index (χ4n) is 4.32. The Hall–Kier alpha value is -3.08. The number of carbonyl (C=O) groups excluding carboxylic acids is 2. The van der Waals surface area contributed by atoms with Gasteiger partial charge in [0, 0.05) is 34.4 Å². The van der Waals surface area contributed by atoms with Crippen LogP contribution in [0.5, 0.6) is 0 Å². The second-order valence-corrected chi connectivity index (χ2v) is 8.14. The lowest BCUT2D eigenvalue weighted by Crippen LogP contribution is -2.38. The number of fused-ring (bicyclic) bond motifs is 3. The van der Waals surface area contributed by atoms with E-state index in [1.807, 2.05) is 56.3 Å².